The highest BCUT2D eigenvalue weighted by Gasteiger charge is 2.11. The molecule has 6 heteroatoms. The van der Waals surface area contributed by atoms with E-state index in [1.165, 1.54) is 0 Å². The molecule has 0 unspecified atom stereocenters. The normalized spacial score (nSPS) is 10.6. The summed E-state index contributed by atoms with van der Waals surface area (Å²) in [6, 6.07) is 11.3. The summed E-state index contributed by atoms with van der Waals surface area (Å²) in [5, 5.41) is 9.74. The molecular weight excluding hydrogens is 332 g/mol. The number of nitrogens with zero attached hydrogens (tertiary/aromatic N) is 2. The number of hydrogen-bond acceptors (Lipinski definition) is 2. The monoisotopic (exact) mass is 344 g/mol. The van der Waals surface area contributed by atoms with Gasteiger partial charge in [-0.2, -0.15) is 5.10 Å². The van der Waals surface area contributed by atoms with Gasteiger partial charge in [-0.25, -0.2) is 0 Å². The first kappa shape index (κ1) is 13.6. The molecule has 1 aromatic carbocycles. The quantitative estimate of drug-likeness (QED) is 0.764. The lowest BCUT2D eigenvalue weighted by Gasteiger charge is -2.07. The van der Waals surface area contributed by atoms with Crippen molar-refractivity contribution >= 4 is 27.5 Å². The van der Waals surface area contributed by atoms with E-state index in [4.69, 9.17) is 0 Å². The van der Waals surface area contributed by atoms with Crippen LogP contribution in [-0.2, 0) is 7.05 Å². The number of H-pyrrole nitrogens is 1. The van der Waals surface area contributed by atoms with Crippen LogP contribution in [0.3, 0.4) is 0 Å². The van der Waals surface area contributed by atoms with E-state index < -0.39 is 0 Å². The summed E-state index contributed by atoms with van der Waals surface area (Å²) in [6.45, 7) is 0. The Hall–Kier alpha value is -2.34. The number of carbonyl (C=O) groups excluding carboxylic acids is 1. The highest BCUT2D eigenvalue weighted by atomic mass is 79.9. The van der Waals surface area contributed by atoms with E-state index in [0.29, 0.717) is 5.69 Å². The maximum atomic E-state index is 12.3. The molecule has 3 rings (SSSR count). The molecule has 2 N–H and O–H groups in total. The average Bonchev–Trinajstić information content (AvgIpc) is 3.08. The molecule has 0 aliphatic heterocycles. The molecule has 0 atom stereocenters. The SMILES string of the molecule is Cn1cc(Br)cc1C(=O)Nc1cccc(-c2ccn[nH]2)c1. The third-order valence-electron chi connectivity index (χ3n) is 3.14. The van der Waals surface area contributed by atoms with Crippen molar-refractivity contribution in [1.82, 2.24) is 14.8 Å². The smallest absolute Gasteiger partial charge is 0.272 e. The van der Waals surface area contributed by atoms with Crippen molar-refractivity contribution in [1.29, 1.82) is 0 Å². The number of rotatable bonds is 3. The number of aromatic nitrogens is 3. The first-order chi connectivity index (χ1) is 10.1. The molecular formula is C15H13BrN4O. The minimum Gasteiger partial charge on any atom is -0.345 e. The van der Waals surface area contributed by atoms with E-state index >= 15 is 0 Å². The number of amides is 1. The van der Waals surface area contributed by atoms with Gasteiger partial charge >= 0.3 is 0 Å². The molecule has 0 fully saturated rings. The lowest BCUT2D eigenvalue weighted by Crippen LogP contribution is -2.15. The first-order valence-electron chi connectivity index (χ1n) is 6.36. The molecule has 3 aromatic rings. The molecule has 0 saturated heterocycles. The van der Waals surface area contributed by atoms with E-state index in [9.17, 15) is 4.79 Å². The highest BCUT2D eigenvalue weighted by molar-refractivity contribution is 9.10. The van der Waals surface area contributed by atoms with Crippen LogP contribution in [0.5, 0.6) is 0 Å². The Morgan fingerprint density at radius 3 is 2.86 bits per heavy atom. The van der Waals surface area contributed by atoms with Gasteiger partial charge in [0.1, 0.15) is 5.69 Å². The molecule has 0 aliphatic rings. The second-order valence-corrected chi connectivity index (χ2v) is 5.58. The van der Waals surface area contributed by atoms with Gasteiger partial charge in [0.15, 0.2) is 0 Å². The van der Waals surface area contributed by atoms with Crippen LogP contribution in [0.1, 0.15) is 10.5 Å². The Morgan fingerprint density at radius 1 is 1.33 bits per heavy atom. The number of halogens is 1. The van der Waals surface area contributed by atoms with Crippen LogP contribution >= 0.6 is 15.9 Å². The second kappa shape index (κ2) is 5.57. The minimum absolute atomic E-state index is 0.148. The highest BCUT2D eigenvalue weighted by Crippen LogP contribution is 2.21. The number of anilines is 1. The fourth-order valence-corrected chi connectivity index (χ4v) is 2.65. The number of aromatic amines is 1. The van der Waals surface area contributed by atoms with Crippen molar-refractivity contribution in [3.63, 3.8) is 0 Å². The van der Waals surface area contributed by atoms with Crippen LogP contribution < -0.4 is 5.32 Å². The van der Waals surface area contributed by atoms with Gasteiger partial charge in [-0.05, 0) is 40.2 Å². The summed E-state index contributed by atoms with van der Waals surface area (Å²) in [4.78, 5) is 12.3. The third-order valence-corrected chi connectivity index (χ3v) is 3.57. The van der Waals surface area contributed by atoms with Crippen molar-refractivity contribution in [2.75, 3.05) is 5.32 Å². The molecule has 106 valence electrons. The zero-order chi connectivity index (χ0) is 14.8. The van der Waals surface area contributed by atoms with Gasteiger partial charge in [0, 0.05) is 35.2 Å². The summed E-state index contributed by atoms with van der Waals surface area (Å²) in [5.74, 6) is -0.148. The molecule has 5 nitrogen and oxygen atoms in total. The van der Waals surface area contributed by atoms with Crippen LogP contribution in [0.4, 0.5) is 5.69 Å². The standard InChI is InChI=1S/C15H13BrN4O/c1-20-9-11(16)8-14(20)15(21)18-12-4-2-3-10(7-12)13-5-6-17-19-13/h2-9H,1H3,(H,17,19)(H,18,21). The van der Waals surface area contributed by atoms with Crippen molar-refractivity contribution in [2.45, 2.75) is 0 Å². The molecule has 2 heterocycles. The zero-order valence-corrected chi connectivity index (χ0v) is 12.9. The van der Waals surface area contributed by atoms with Crippen LogP contribution in [0.25, 0.3) is 11.3 Å². The Labute approximate surface area is 130 Å². The van der Waals surface area contributed by atoms with Gasteiger partial charge in [0.25, 0.3) is 5.91 Å². The Balaban J connectivity index is 1.84. The van der Waals surface area contributed by atoms with Crippen LogP contribution in [0, 0.1) is 0 Å². The number of hydrogen-bond donors (Lipinski definition) is 2. The van der Waals surface area contributed by atoms with E-state index in [0.717, 1.165) is 21.4 Å². The number of benzene rings is 1. The Kier molecular flexibility index (Phi) is 3.62. The predicted octanol–water partition coefficient (Wildman–Crippen LogP) is 3.43. The van der Waals surface area contributed by atoms with Gasteiger partial charge in [0.2, 0.25) is 0 Å². The molecule has 1 amide bonds. The molecule has 2 aromatic heterocycles. The summed E-state index contributed by atoms with van der Waals surface area (Å²) < 4.78 is 2.65. The van der Waals surface area contributed by atoms with Crippen molar-refractivity contribution in [3.8, 4) is 11.3 Å². The summed E-state index contributed by atoms with van der Waals surface area (Å²) in [6.07, 6.45) is 3.54. The Bertz CT molecular complexity index is 777. The lowest BCUT2D eigenvalue weighted by molar-refractivity contribution is 0.101. The molecule has 0 saturated carbocycles. The van der Waals surface area contributed by atoms with Crippen LogP contribution in [-0.4, -0.2) is 20.7 Å². The molecule has 0 bridgehead atoms. The molecule has 0 aliphatic carbocycles. The zero-order valence-electron chi connectivity index (χ0n) is 11.3. The minimum atomic E-state index is -0.148. The predicted molar refractivity (Wildman–Crippen MR) is 85.1 cm³/mol. The van der Waals surface area contributed by atoms with Gasteiger partial charge < -0.3 is 9.88 Å². The van der Waals surface area contributed by atoms with Crippen LogP contribution in [0.15, 0.2) is 53.3 Å². The Morgan fingerprint density at radius 2 is 2.19 bits per heavy atom. The van der Waals surface area contributed by atoms with Gasteiger partial charge in [-0.1, -0.05) is 12.1 Å². The average molecular weight is 345 g/mol. The van der Waals surface area contributed by atoms with Crippen molar-refractivity contribution < 1.29 is 4.79 Å². The van der Waals surface area contributed by atoms with Crippen molar-refractivity contribution in [3.05, 3.63) is 59.0 Å². The van der Waals surface area contributed by atoms with E-state index in [2.05, 4.69) is 31.4 Å². The maximum Gasteiger partial charge on any atom is 0.272 e. The fourth-order valence-electron chi connectivity index (χ4n) is 2.13. The fraction of sp³-hybridized carbons (Fsp3) is 0.0667. The molecule has 0 spiro atoms. The topological polar surface area (TPSA) is 62.7 Å². The summed E-state index contributed by atoms with van der Waals surface area (Å²) in [5.41, 5.74) is 3.21. The van der Waals surface area contributed by atoms with E-state index in [1.54, 1.807) is 16.8 Å². The van der Waals surface area contributed by atoms with Gasteiger partial charge in [-0.15, -0.1) is 0 Å². The molecule has 0 radical (unpaired) electrons. The molecule has 21 heavy (non-hydrogen) atoms. The third kappa shape index (κ3) is 2.90. The maximum absolute atomic E-state index is 12.3. The van der Waals surface area contributed by atoms with E-state index in [-0.39, 0.29) is 5.91 Å². The first-order valence-corrected chi connectivity index (χ1v) is 7.16. The largest absolute Gasteiger partial charge is 0.345 e. The number of nitrogens with one attached hydrogen (secondary N) is 2. The van der Waals surface area contributed by atoms with Gasteiger partial charge in [-0.3, -0.25) is 9.89 Å². The second-order valence-electron chi connectivity index (χ2n) is 4.66. The summed E-state index contributed by atoms with van der Waals surface area (Å²) >= 11 is 3.36. The van der Waals surface area contributed by atoms with Gasteiger partial charge in [0.05, 0.1) is 5.69 Å². The van der Waals surface area contributed by atoms with Crippen LogP contribution in [0.2, 0.25) is 0 Å². The van der Waals surface area contributed by atoms with Crippen molar-refractivity contribution in [2.24, 2.45) is 7.05 Å². The lowest BCUT2D eigenvalue weighted by atomic mass is 10.1. The van der Waals surface area contributed by atoms with E-state index in [1.807, 2.05) is 43.6 Å². The number of carbonyl (C=O) groups is 1. The summed E-state index contributed by atoms with van der Waals surface area (Å²) in [7, 11) is 1.83. The number of aryl methyl sites for hydroxylation is 1.